The standard InChI is InChI=1S/C20H22N4O3/c1-20(2,12-25)16(26)11-24-15-9-4-3-7-13(15)17(23-18(21)19(24)27)14-8-5-6-10-22-14/h3-10,18,25H,11-12,21H2,1-2H3. The zero-order chi connectivity index (χ0) is 19.6. The summed E-state index contributed by atoms with van der Waals surface area (Å²) in [5.41, 5.74) is 7.38. The van der Waals surface area contributed by atoms with Gasteiger partial charge in [-0.3, -0.25) is 19.6 Å². The Bertz CT molecular complexity index is 893. The molecule has 2 heterocycles. The van der Waals surface area contributed by atoms with Crippen LogP contribution in [-0.2, 0) is 9.59 Å². The van der Waals surface area contributed by atoms with Crippen molar-refractivity contribution < 1.29 is 14.7 Å². The summed E-state index contributed by atoms with van der Waals surface area (Å²) in [6.45, 7) is 2.78. The first-order valence-electron chi connectivity index (χ1n) is 8.65. The average molecular weight is 366 g/mol. The first kappa shape index (κ1) is 18.9. The number of benzene rings is 1. The highest BCUT2D eigenvalue weighted by Gasteiger charge is 2.35. The molecule has 1 atom stereocenters. The molecular formula is C20H22N4O3. The molecule has 0 bridgehead atoms. The number of carbonyl (C=O) groups excluding carboxylic acids is 2. The summed E-state index contributed by atoms with van der Waals surface area (Å²) in [5, 5.41) is 9.47. The van der Waals surface area contributed by atoms with Gasteiger partial charge in [-0.05, 0) is 18.2 Å². The highest BCUT2D eigenvalue weighted by Crippen LogP contribution is 2.28. The molecule has 7 heteroatoms. The molecule has 1 aliphatic heterocycles. The molecule has 1 amide bonds. The highest BCUT2D eigenvalue weighted by molar-refractivity contribution is 6.20. The van der Waals surface area contributed by atoms with E-state index < -0.39 is 17.5 Å². The number of nitrogens with two attached hydrogens (primary N) is 1. The maximum Gasteiger partial charge on any atom is 0.266 e. The van der Waals surface area contributed by atoms with Gasteiger partial charge in [0.1, 0.15) is 0 Å². The van der Waals surface area contributed by atoms with E-state index in [0.717, 1.165) is 0 Å². The van der Waals surface area contributed by atoms with Crippen LogP contribution in [0.3, 0.4) is 0 Å². The summed E-state index contributed by atoms with van der Waals surface area (Å²) in [4.78, 5) is 35.6. The van der Waals surface area contributed by atoms with Crippen LogP contribution in [0.25, 0.3) is 0 Å². The van der Waals surface area contributed by atoms with Gasteiger partial charge < -0.3 is 15.7 Å². The van der Waals surface area contributed by atoms with Crippen LogP contribution in [0.15, 0.2) is 53.7 Å². The van der Waals surface area contributed by atoms with Crippen molar-refractivity contribution in [1.82, 2.24) is 4.98 Å². The lowest BCUT2D eigenvalue weighted by molar-refractivity contribution is -0.129. The second-order valence-corrected chi connectivity index (χ2v) is 7.04. The van der Waals surface area contributed by atoms with Crippen LogP contribution in [0.4, 0.5) is 5.69 Å². The summed E-state index contributed by atoms with van der Waals surface area (Å²) < 4.78 is 0. The van der Waals surface area contributed by atoms with Crippen molar-refractivity contribution in [2.24, 2.45) is 16.1 Å². The number of hydrogen-bond donors (Lipinski definition) is 2. The van der Waals surface area contributed by atoms with E-state index in [2.05, 4.69) is 9.98 Å². The minimum Gasteiger partial charge on any atom is -0.395 e. The number of aliphatic hydroxyl groups is 1. The number of ketones is 1. The largest absolute Gasteiger partial charge is 0.395 e. The van der Waals surface area contributed by atoms with E-state index >= 15 is 0 Å². The Labute approximate surface area is 157 Å². The Balaban J connectivity index is 2.09. The van der Waals surface area contributed by atoms with Crippen molar-refractivity contribution in [1.29, 1.82) is 0 Å². The number of aliphatic imine (C=N–C) groups is 1. The highest BCUT2D eigenvalue weighted by atomic mass is 16.3. The Hall–Kier alpha value is -2.90. The van der Waals surface area contributed by atoms with Crippen molar-refractivity contribution in [3.63, 3.8) is 0 Å². The van der Waals surface area contributed by atoms with Crippen molar-refractivity contribution in [3.05, 3.63) is 59.9 Å². The van der Waals surface area contributed by atoms with E-state index in [9.17, 15) is 14.7 Å². The SMILES string of the molecule is CC(C)(CO)C(=O)CN1C(=O)C(N)N=C(c2ccccn2)c2ccccc21. The first-order valence-corrected chi connectivity index (χ1v) is 8.65. The summed E-state index contributed by atoms with van der Waals surface area (Å²) >= 11 is 0. The molecule has 1 aromatic heterocycles. The van der Waals surface area contributed by atoms with Crippen LogP contribution in [-0.4, -0.2) is 46.8 Å². The molecular weight excluding hydrogens is 344 g/mol. The predicted molar refractivity (Wildman–Crippen MR) is 103 cm³/mol. The zero-order valence-electron chi connectivity index (χ0n) is 15.3. The number of pyridine rings is 1. The number of fused-ring (bicyclic) bond motifs is 1. The molecule has 0 saturated heterocycles. The van der Waals surface area contributed by atoms with Crippen LogP contribution in [0.2, 0.25) is 0 Å². The smallest absolute Gasteiger partial charge is 0.266 e. The van der Waals surface area contributed by atoms with Gasteiger partial charge in [-0.1, -0.05) is 38.1 Å². The Morgan fingerprint density at radius 1 is 1.22 bits per heavy atom. The minimum atomic E-state index is -1.15. The molecule has 2 aromatic rings. The average Bonchev–Trinajstić information content (AvgIpc) is 2.79. The number of carbonyl (C=O) groups is 2. The molecule has 27 heavy (non-hydrogen) atoms. The summed E-state index contributed by atoms with van der Waals surface area (Å²) in [6, 6.07) is 12.6. The van der Waals surface area contributed by atoms with Crippen LogP contribution in [0.5, 0.6) is 0 Å². The fraction of sp³-hybridized carbons (Fsp3) is 0.300. The van der Waals surface area contributed by atoms with Gasteiger partial charge in [-0.25, -0.2) is 0 Å². The molecule has 0 aliphatic carbocycles. The predicted octanol–water partition coefficient (Wildman–Crippen LogP) is 1.14. The quantitative estimate of drug-likeness (QED) is 0.825. The summed E-state index contributed by atoms with van der Waals surface area (Å²) in [7, 11) is 0. The maximum atomic E-state index is 12.9. The number of amides is 1. The van der Waals surface area contributed by atoms with Crippen molar-refractivity contribution in [2.45, 2.75) is 20.0 Å². The molecule has 0 radical (unpaired) electrons. The van der Waals surface area contributed by atoms with Crippen molar-refractivity contribution >= 4 is 23.1 Å². The molecule has 0 spiro atoms. The lowest BCUT2D eigenvalue weighted by Crippen LogP contribution is -2.47. The van der Waals surface area contributed by atoms with Gasteiger partial charge in [-0.15, -0.1) is 0 Å². The van der Waals surface area contributed by atoms with Crippen LogP contribution in [0.1, 0.15) is 25.1 Å². The second kappa shape index (κ2) is 7.38. The van der Waals surface area contributed by atoms with E-state index in [1.807, 2.05) is 18.2 Å². The molecule has 1 unspecified atom stereocenters. The van der Waals surface area contributed by atoms with E-state index in [1.165, 1.54) is 4.90 Å². The first-order chi connectivity index (χ1) is 12.8. The molecule has 140 valence electrons. The van der Waals surface area contributed by atoms with Crippen LogP contribution in [0, 0.1) is 5.41 Å². The summed E-state index contributed by atoms with van der Waals surface area (Å²) in [6.07, 6.45) is 0.489. The topological polar surface area (TPSA) is 109 Å². The molecule has 1 aliphatic rings. The molecule has 1 aromatic carbocycles. The van der Waals surface area contributed by atoms with Crippen LogP contribution < -0.4 is 10.6 Å². The van der Waals surface area contributed by atoms with Gasteiger partial charge in [0, 0.05) is 17.2 Å². The van der Waals surface area contributed by atoms with Gasteiger partial charge in [0.05, 0.1) is 30.2 Å². The molecule has 3 rings (SSSR count). The monoisotopic (exact) mass is 366 g/mol. The van der Waals surface area contributed by atoms with Crippen molar-refractivity contribution in [3.8, 4) is 0 Å². The van der Waals surface area contributed by atoms with Gasteiger partial charge in [0.25, 0.3) is 5.91 Å². The van der Waals surface area contributed by atoms with E-state index in [0.29, 0.717) is 22.7 Å². The number of aromatic nitrogens is 1. The molecule has 3 N–H and O–H groups in total. The van der Waals surface area contributed by atoms with Crippen LogP contribution >= 0.6 is 0 Å². The number of Topliss-reactive ketones (excluding diaryl/α,β-unsaturated/α-hetero) is 1. The lowest BCUT2D eigenvalue weighted by Gasteiger charge is -2.28. The number of anilines is 1. The number of benzodiazepines with no additional fused rings is 1. The van der Waals surface area contributed by atoms with E-state index in [4.69, 9.17) is 5.73 Å². The second-order valence-electron chi connectivity index (χ2n) is 7.04. The minimum absolute atomic E-state index is 0.192. The van der Waals surface area contributed by atoms with Gasteiger partial charge in [0.2, 0.25) is 0 Å². The third-order valence-electron chi connectivity index (χ3n) is 4.60. The van der Waals surface area contributed by atoms with E-state index in [-0.39, 0.29) is 18.9 Å². The van der Waals surface area contributed by atoms with Gasteiger partial charge in [0.15, 0.2) is 11.9 Å². The Kier molecular flexibility index (Phi) is 5.16. The third-order valence-corrected chi connectivity index (χ3v) is 4.60. The fourth-order valence-corrected chi connectivity index (χ4v) is 2.77. The number of rotatable bonds is 5. The third kappa shape index (κ3) is 3.65. The van der Waals surface area contributed by atoms with Crippen molar-refractivity contribution in [2.75, 3.05) is 18.1 Å². The number of nitrogens with zero attached hydrogens (tertiary/aromatic N) is 3. The summed E-state index contributed by atoms with van der Waals surface area (Å²) in [5.74, 6) is -0.739. The Morgan fingerprint density at radius 2 is 1.93 bits per heavy atom. The number of aliphatic hydroxyl groups excluding tert-OH is 1. The number of hydrogen-bond acceptors (Lipinski definition) is 6. The zero-order valence-corrected chi connectivity index (χ0v) is 15.3. The lowest BCUT2D eigenvalue weighted by atomic mass is 9.88. The molecule has 0 fully saturated rings. The van der Waals surface area contributed by atoms with Gasteiger partial charge in [-0.2, -0.15) is 0 Å². The van der Waals surface area contributed by atoms with E-state index in [1.54, 1.807) is 44.3 Å². The fourth-order valence-electron chi connectivity index (χ4n) is 2.77. The number of para-hydroxylation sites is 1. The molecule has 0 saturated carbocycles. The molecule has 7 nitrogen and oxygen atoms in total. The van der Waals surface area contributed by atoms with Gasteiger partial charge >= 0.3 is 0 Å². The maximum absolute atomic E-state index is 12.9. The Morgan fingerprint density at radius 3 is 2.59 bits per heavy atom. The normalized spacial score (nSPS) is 17.2.